The molecule has 0 bridgehead atoms. The van der Waals surface area contributed by atoms with Crippen molar-refractivity contribution in [1.29, 1.82) is 0 Å². The Kier molecular flexibility index (Phi) is 6.87. The minimum atomic E-state index is -0.874. The average molecular weight is 426 g/mol. The minimum Gasteiger partial charge on any atom is -0.457 e. The van der Waals surface area contributed by atoms with Crippen LogP contribution in [0, 0.1) is 0 Å². The molecule has 2 aromatic carbocycles. The molecule has 31 heavy (non-hydrogen) atoms. The number of amides is 2. The van der Waals surface area contributed by atoms with Gasteiger partial charge in [0.25, 0.3) is 0 Å². The lowest BCUT2D eigenvalue weighted by atomic mass is 9.80. The molecule has 2 aromatic rings. The van der Waals surface area contributed by atoms with Crippen molar-refractivity contribution in [3.8, 4) is 11.5 Å². The largest absolute Gasteiger partial charge is 0.491 e. The van der Waals surface area contributed by atoms with Crippen LogP contribution < -0.4 is 20.8 Å². The van der Waals surface area contributed by atoms with Gasteiger partial charge in [-0.2, -0.15) is 0 Å². The van der Waals surface area contributed by atoms with Crippen LogP contribution in [0.1, 0.15) is 38.8 Å². The molecule has 1 heterocycles. The third-order valence-corrected chi connectivity index (χ3v) is 4.53. The van der Waals surface area contributed by atoms with Gasteiger partial charge in [0, 0.05) is 6.54 Å². The Morgan fingerprint density at radius 3 is 2.52 bits per heavy atom. The van der Waals surface area contributed by atoms with Gasteiger partial charge in [-0.25, -0.2) is 4.79 Å². The molecule has 0 fully saturated rings. The van der Waals surface area contributed by atoms with Crippen LogP contribution in [0.15, 0.2) is 42.5 Å². The van der Waals surface area contributed by atoms with Gasteiger partial charge in [0.1, 0.15) is 23.1 Å². The number of carbonyl (C=O) groups excluding carboxylic acids is 2. The number of benzene rings is 2. The van der Waals surface area contributed by atoms with Gasteiger partial charge >= 0.3 is 13.2 Å². The molecule has 1 atom stereocenters. The maximum atomic E-state index is 12.2. The first-order valence-corrected chi connectivity index (χ1v) is 10.1. The third kappa shape index (κ3) is 6.47. The topological polar surface area (TPSA) is 106 Å². The van der Waals surface area contributed by atoms with Gasteiger partial charge in [-0.15, -0.1) is 0 Å². The first-order valence-electron chi connectivity index (χ1n) is 10.1. The Balaban J connectivity index is 1.48. The van der Waals surface area contributed by atoms with E-state index in [2.05, 4.69) is 10.6 Å². The van der Waals surface area contributed by atoms with E-state index in [-0.39, 0.29) is 5.91 Å². The fourth-order valence-electron chi connectivity index (χ4n) is 2.97. The molecule has 164 valence electrons. The monoisotopic (exact) mass is 426 g/mol. The van der Waals surface area contributed by atoms with Gasteiger partial charge in [0.05, 0.1) is 6.61 Å². The summed E-state index contributed by atoms with van der Waals surface area (Å²) in [5.74, 6) is 0.989. The van der Waals surface area contributed by atoms with Crippen molar-refractivity contribution in [2.24, 2.45) is 0 Å². The van der Waals surface area contributed by atoms with Crippen molar-refractivity contribution in [2.45, 2.75) is 52.5 Å². The summed E-state index contributed by atoms with van der Waals surface area (Å²) >= 11 is 0. The number of hydrogen-bond donors (Lipinski definition) is 3. The number of nitrogens with one attached hydrogen (secondary N) is 2. The van der Waals surface area contributed by atoms with Crippen molar-refractivity contribution in [3.05, 3.63) is 53.6 Å². The molecule has 2 amide bonds. The number of ether oxygens (including phenoxy) is 2. The van der Waals surface area contributed by atoms with E-state index in [1.165, 1.54) is 0 Å². The molecule has 0 spiro atoms. The van der Waals surface area contributed by atoms with Crippen LogP contribution in [0.3, 0.4) is 0 Å². The van der Waals surface area contributed by atoms with E-state index >= 15 is 0 Å². The zero-order chi connectivity index (χ0) is 22.6. The lowest BCUT2D eigenvalue weighted by molar-refractivity contribution is -0.122. The Morgan fingerprint density at radius 2 is 1.84 bits per heavy atom. The number of rotatable bonds is 6. The van der Waals surface area contributed by atoms with E-state index in [1.807, 2.05) is 30.3 Å². The van der Waals surface area contributed by atoms with Crippen LogP contribution in [0.4, 0.5) is 4.79 Å². The first-order chi connectivity index (χ1) is 14.6. The number of fused-ring (bicyclic) bond motifs is 1. The molecular weight excluding hydrogens is 399 g/mol. The molecule has 0 aromatic heterocycles. The summed E-state index contributed by atoms with van der Waals surface area (Å²) in [6.45, 7) is 7.54. The van der Waals surface area contributed by atoms with Crippen molar-refractivity contribution in [3.63, 3.8) is 0 Å². The molecule has 0 radical (unpaired) electrons. The first kappa shape index (κ1) is 22.6. The highest BCUT2D eigenvalue weighted by molar-refractivity contribution is 6.61. The third-order valence-electron chi connectivity index (χ3n) is 4.53. The zero-order valence-corrected chi connectivity index (χ0v) is 18.1. The summed E-state index contributed by atoms with van der Waals surface area (Å²) in [5, 5.41) is 15.0. The normalized spacial score (nSPS) is 13.9. The van der Waals surface area contributed by atoms with Gasteiger partial charge < -0.3 is 29.8 Å². The summed E-state index contributed by atoms with van der Waals surface area (Å²) in [4.78, 5) is 24.0. The fourth-order valence-corrected chi connectivity index (χ4v) is 2.97. The average Bonchev–Trinajstić information content (AvgIpc) is 3.06. The summed E-state index contributed by atoms with van der Waals surface area (Å²) in [5.41, 5.74) is 1.92. The maximum absolute atomic E-state index is 12.2. The fraction of sp³-hybridized carbons (Fsp3) is 0.364. The van der Waals surface area contributed by atoms with E-state index in [4.69, 9.17) is 14.1 Å². The quantitative estimate of drug-likeness (QED) is 0.612. The van der Waals surface area contributed by atoms with Crippen LogP contribution in [0.25, 0.3) is 0 Å². The standard InChI is InChI=1S/C22H27BN2O6/c1-14(25-21(27)31-22(2,3)4)20(26)24-12-15-5-7-17(8-6-15)30-18-9-10-19-16(11-18)13-29-23(19)28/h5-11,14,28H,12-13H2,1-4H3,(H,24,26)(H,25,27). The van der Waals surface area contributed by atoms with E-state index in [0.717, 1.165) is 16.6 Å². The SMILES string of the molecule is CC(NC(=O)OC(C)(C)C)C(=O)NCc1ccc(Oc2ccc3c(c2)COB3O)cc1. The second kappa shape index (κ2) is 9.41. The van der Waals surface area contributed by atoms with Gasteiger partial charge in [-0.1, -0.05) is 18.2 Å². The highest BCUT2D eigenvalue weighted by Gasteiger charge is 2.27. The Morgan fingerprint density at radius 1 is 1.16 bits per heavy atom. The molecule has 1 unspecified atom stereocenters. The van der Waals surface area contributed by atoms with Gasteiger partial charge in [0.15, 0.2) is 0 Å². The van der Waals surface area contributed by atoms with Crippen LogP contribution in [-0.4, -0.2) is 35.8 Å². The molecule has 8 nitrogen and oxygen atoms in total. The van der Waals surface area contributed by atoms with Gasteiger partial charge in [-0.05, 0) is 68.6 Å². The molecule has 3 rings (SSSR count). The predicted molar refractivity (Wildman–Crippen MR) is 116 cm³/mol. The highest BCUT2D eigenvalue weighted by atomic mass is 16.6. The van der Waals surface area contributed by atoms with E-state index < -0.39 is 24.9 Å². The number of hydrogen-bond acceptors (Lipinski definition) is 6. The summed E-state index contributed by atoms with van der Waals surface area (Å²) < 4.78 is 16.2. The van der Waals surface area contributed by atoms with Crippen LogP contribution in [0.2, 0.25) is 0 Å². The van der Waals surface area contributed by atoms with Gasteiger partial charge in [-0.3, -0.25) is 4.79 Å². The zero-order valence-electron chi connectivity index (χ0n) is 18.1. The number of carbonyl (C=O) groups is 2. The smallest absolute Gasteiger partial charge is 0.457 e. The second-order valence-electron chi connectivity index (χ2n) is 8.36. The molecule has 3 N–H and O–H groups in total. The van der Waals surface area contributed by atoms with E-state index in [0.29, 0.717) is 24.7 Å². The molecule has 1 aliphatic heterocycles. The Labute approximate surface area is 182 Å². The Hall–Kier alpha value is -3.04. The minimum absolute atomic E-state index is 0.311. The lowest BCUT2D eigenvalue weighted by Crippen LogP contribution is -2.46. The van der Waals surface area contributed by atoms with Crippen molar-refractivity contribution < 1.29 is 28.7 Å². The molecule has 0 saturated heterocycles. The predicted octanol–water partition coefficient (Wildman–Crippen LogP) is 2.23. The summed E-state index contributed by atoms with van der Waals surface area (Å²) in [6.07, 6.45) is -0.635. The molecule has 0 saturated carbocycles. The molecule has 0 aliphatic carbocycles. The lowest BCUT2D eigenvalue weighted by Gasteiger charge is -2.21. The van der Waals surface area contributed by atoms with Crippen molar-refractivity contribution >= 4 is 24.6 Å². The van der Waals surface area contributed by atoms with Crippen LogP contribution in [0.5, 0.6) is 11.5 Å². The van der Waals surface area contributed by atoms with Gasteiger partial charge in [0.2, 0.25) is 5.91 Å². The maximum Gasteiger partial charge on any atom is 0.491 e. The van der Waals surface area contributed by atoms with Crippen molar-refractivity contribution in [2.75, 3.05) is 0 Å². The number of alkyl carbamates (subject to hydrolysis) is 1. The molecule has 1 aliphatic rings. The molecule has 9 heteroatoms. The Bertz CT molecular complexity index is 942. The highest BCUT2D eigenvalue weighted by Crippen LogP contribution is 2.24. The molecular formula is C22H27BN2O6. The summed E-state index contributed by atoms with van der Waals surface area (Å²) in [7, 11) is -0.874. The van der Waals surface area contributed by atoms with Crippen LogP contribution >= 0.6 is 0 Å². The summed E-state index contributed by atoms with van der Waals surface area (Å²) in [6, 6.07) is 12.0. The van der Waals surface area contributed by atoms with Crippen LogP contribution in [-0.2, 0) is 27.3 Å². The van der Waals surface area contributed by atoms with Crippen molar-refractivity contribution in [1.82, 2.24) is 10.6 Å². The second-order valence-corrected chi connectivity index (χ2v) is 8.36. The van der Waals surface area contributed by atoms with E-state index in [1.54, 1.807) is 39.8 Å². The van der Waals surface area contributed by atoms with E-state index in [9.17, 15) is 14.6 Å².